The molecule has 0 aliphatic carbocycles. The number of aromatic carboxylic acids is 1. The summed E-state index contributed by atoms with van der Waals surface area (Å²) in [5, 5.41) is 12.6. The Labute approximate surface area is 130 Å². The molecule has 0 saturated carbocycles. The van der Waals surface area contributed by atoms with Gasteiger partial charge in [0.15, 0.2) is 0 Å². The second kappa shape index (κ2) is 6.16. The quantitative estimate of drug-likeness (QED) is 0.765. The number of thiophene rings is 1. The van der Waals surface area contributed by atoms with Crippen molar-refractivity contribution in [3.8, 4) is 0 Å². The summed E-state index contributed by atoms with van der Waals surface area (Å²) >= 11 is 1.00. The van der Waals surface area contributed by atoms with E-state index in [9.17, 15) is 18.0 Å². The Hall–Kier alpha value is -2.39. The fourth-order valence-corrected chi connectivity index (χ4v) is 3.90. The number of benzene rings is 1. The molecule has 0 spiro atoms. The van der Waals surface area contributed by atoms with Gasteiger partial charge < -0.3 is 10.4 Å². The van der Waals surface area contributed by atoms with E-state index in [2.05, 4.69) is 10.0 Å². The number of nitrogens with one attached hydrogen (secondary N) is 2. The number of sulfonamides is 1. The third-order valence-electron chi connectivity index (χ3n) is 2.70. The van der Waals surface area contributed by atoms with Crippen LogP contribution in [0.2, 0.25) is 0 Å². The number of carboxylic acid groups (broad SMARTS) is 1. The molecule has 0 bridgehead atoms. The molecule has 0 saturated heterocycles. The standard InChI is InChI=1S/C13H12N2O5S2/c1-14-12(16)11-6-10(7-21-11)22(19,20)15-9-4-2-3-8(5-9)13(17)18/h2-7,15H,1H3,(H,14,16)(H,17,18). The first-order valence-corrected chi connectivity index (χ1v) is 8.36. The highest BCUT2D eigenvalue weighted by Gasteiger charge is 2.19. The molecule has 7 nitrogen and oxygen atoms in total. The molecule has 1 amide bonds. The maximum Gasteiger partial charge on any atom is 0.335 e. The first kappa shape index (κ1) is 16.0. The third-order valence-corrected chi connectivity index (χ3v) is 5.14. The van der Waals surface area contributed by atoms with E-state index in [0.29, 0.717) is 0 Å². The van der Waals surface area contributed by atoms with Crippen LogP contribution in [0.15, 0.2) is 40.6 Å². The molecule has 0 aliphatic heterocycles. The van der Waals surface area contributed by atoms with Crippen LogP contribution >= 0.6 is 11.3 Å². The van der Waals surface area contributed by atoms with Gasteiger partial charge in [0.05, 0.1) is 15.3 Å². The Balaban J connectivity index is 2.28. The molecule has 22 heavy (non-hydrogen) atoms. The highest BCUT2D eigenvalue weighted by molar-refractivity contribution is 7.92. The molecule has 1 heterocycles. The van der Waals surface area contributed by atoms with Crippen molar-refractivity contribution in [3.05, 3.63) is 46.2 Å². The predicted molar refractivity (Wildman–Crippen MR) is 81.9 cm³/mol. The van der Waals surface area contributed by atoms with Crippen molar-refractivity contribution in [2.75, 3.05) is 11.8 Å². The summed E-state index contributed by atoms with van der Waals surface area (Å²) in [6, 6.07) is 6.70. The lowest BCUT2D eigenvalue weighted by atomic mass is 10.2. The van der Waals surface area contributed by atoms with Crippen LogP contribution in [-0.4, -0.2) is 32.4 Å². The van der Waals surface area contributed by atoms with Gasteiger partial charge in [0.1, 0.15) is 0 Å². The maximum absolute atomic E-state index is 12.2. The number of carbonyl (C=O) groups excluding carboxylic acids is 1. The van der Waals surface area contributed by atoms with Crippen molar-refractivity contribution in [2.24, 2.45) is 0 Å². The molecule has 1 aromatic heterocycles. The number of hydrogen-bond donors (Lipinski definition) is 3. The van der Waals surface area contributed by atoms with Gasteiger partial charge in [-0.15, -0.1) is 11.3 Å². The molecule has 2 aromatic rings. The number of amides is 1. The summed E-state index contributed by atoms with van der Waals surface area (Å²) in [5.41, 5.74) is 0.101. The molecule has 0 radical (unpaired) electrons. The van der Waals surface area contributed by atoms with Gasteiger partial charge in [-0.2, -0.15) is 0 Å². The summed E-state index contributed by atoms with van der Waals surface area (Å²) in [5.74, 6) is -1.53. The molecular weight excluding hydrogens is 328 g/mol. The van der Waals surface area contributed by atoms with E-state index in [0.717, 1.165) is 11.3 Å². The van der Waals surface area contributed by atoms with Crippen LogP contribution in [-0.2, 0) is 10.0 Å². The number of carbonyl (C=O) groups is 2. The normalized spacial score (nSPS) is 11.0. The Morgan fingerprint density at radius 3 is 2.59 bits per heavy atom. The minimum absolute atomic E-state index is 0.0310. The van der Waals surface area contributed by atoms with Gasteiger partial charge in [0.25, 0.3) is 15.9 Å². The summed E-state index contributed by atoms with van der Waals surface area (Å²) in [7, 11) is -2.44. The van der Waals surface area contributed by atoms with Crippen molar-refractivity contribution in [3.63, 3.8) is 0 Å². The lowest BCUT2D eigenvalue weighted by molar-refractivity contribution is 0.0696. The van der Waals surface area contributed by atoms with E-state index in [1.165, 1.54) is 42.8 Å². The summed E-state index contributed by atoms with van der Waals surface area (Å²) in [6.07, 6.45) is 0. The van der Waals surface area contributed by atoms with E-state index in [-0.39, 0.29) is 26.9 Å². The van der Waals surface area contributed by atoms with Crippen LogP contribution < -0.4 is 10.0 Å². The number of anilines is 1. The van der Waals surface area contributed by atoms with Gasteiger partial charge in [-0.1, -0.05) is 6.07 Å². The van der Waals surface area contributed by atoms with Gasteiger partial charge >= 0.3 is 5.97 Å². The van der Waals surface area contributed by atoms with Crippen molar-refractivity contribution < 1.29 is 23.1 Å². The maximum atomic E-state index is 12.2. The van der Waals surface area contributed by atoms with E-state index in [1.807, 2.05) is 0 Å². The molecule has 0 atom stereocenters. The zero-order valence-electron chi connectivity index (χ0n) is 11.4. The highest BCUT2D eigenvalue weighted by atomic mass is 32.2. The van der Waals surface area contributed by atoms with Crippen molar-refractivity contribution >= 4 is 38.9 Å². The van der Waals surface area contributed by atoms with Crippen LogP contribution in [0.4, 0.5) is 5.69 Å². The SMILES string of the molecule is CNC(=O)c1cc(S(=O)(=O)Nc2cccc(C(=O)O)c2)cs1. The van der Waals surface area contributed by atoms with E-state index < -0.39 is 16.0 Å². The Bertz CT molecular complexity index is 826. The highest BCUT2D eigenvalue weighted by Crippen LogP contribution is 2.22. The van der Waals surface area contributed by atoms with E-state index >= 15 is 0 Å². The van der Waals surface area contributed by atoms with Crippen LogP contribution in [0.25, 0.3) is 0 Å². The van der Waals surface area contributed by atoms with Gasteiger partial charge in [0.2, 0.25) is 0 Å². The van der Waals surface area contributed by atoms with Crippen molar-refractivity contribution in [2.45, 2.75) is 4.90 Å². The van der Waals surface area contributed by atoms with Crippen molar-refractivity contribution in [1.82, 2.24) is 5.32 Å². The largest absolute Gasteiger partial charge is 0.478 e. The molecule has 2 rings (SSSR count). The number of hydrogen-bond acceptors (Lipinski definition) is 5. The Morgan fingerprint density at radius 1 is 1.23 bits per heavy atom. The molecule has 1 aromatic carbocycles. The molecule has 0 unspecified atom stereocenters. The van der Waals surface area contributed by atoms with Gasteiger partial charge in [-0.05, 0) is 24.3 Å². The zero-order chi connectivity index (χ0) is 16.3. The average Bonchev–Trinajstić information content (AvgIpc) is 2.97. The smallest absolute Gasteiger partial charge is 0.335 e. The molecule has 0 fully saturated rings. The summed E-state index contributed by atoms with van der Waals surface area (Å²) in [4.78, 5) is 22.5. The number of rotatable bonds is 5. The molecular formula is C13H12N2O5S2. The first-order valence-electron chi connectivity index (χ1n) is 6.00. The fourth-order valence-electron chi connectivity index (χ4n) is 1.63. The lowest BCUT2D eigenvalue weighted by Gasteiger charge is -2.07. The van der Waals surface area contributed by atoms with Gasteiger partial charge in [-0.3, -0.25) is 9.52 Å². The van der Waals surface area contributed by atoms with Crippen LogP contribution in [0.3, 0.4) is 0 Å². The monoisotopic (exact) mass is 340 g/mol. The first-order chi connectivity index (χ1) is 10.3. The Morgan fingerprint density at radius 2 is 1.95 bits per heavy atom. The second-order valence-electron chi connectivity index (χ2n) is 4.22. The molecule has 116 valence electrons. The predicted octanol–water partition coefficient (Wildman–Crippen LogP) is 1.61. The van der Waals surface area contributed by atoms with Crippen LogP contribution in [0, 0.1) is 0 Å². The van der Waals surface area contributed by atoms with Crippen molar-refractivity contribution in [1.29, 1.82) is 0 Å². The van der Waals surface area contributed by atoms with Crippen LogP contribution in [0.1, 0.15) is 20.0 Å². The average molecular weight is 340 g/mol. The van der Waals surface area contributed by atoms with E-state index in [4.69, 9.17) is 5.11 Å². The minimum atomic E-state index is -3.89. The minimum Gasteiger partial charge on any atom is -0.478 e. The second-order valence-corrected chi connectivity index (χ2v) is 6.81. The van der Waals surface area contributed by atoms with E-state index in [1.54, 1.807) is 0 Å². The molecule has 9 heteroatoms. The van der Waals surface area contributed by atoms with Gasteiger partial charge in [-0.25, -0.2) is 13.2 Å². The molecule has 0 aliphatic rings. The topological polar surface area (TPSA) is 113 Å². The lowest BCUT2D eigenvalue weighted by Crippen LogP contribution is -2.16. The summed E-state index contributed by atoms with van der Waals surface area (Å²) < 4.78 is 26.7. The third kappa shape index (κ3) is 3.43. The Kier molecular flexibility index (Phi) is 4.48. The zero-order valence-corrected chi connectivity index (χ0v) is 13.0. The van der Waals surface area contributed by atoms with Crippen LogP contribution in [0.5, 0.6) is 0 Å². The number of carboxylic acids is 1. The summed E-state index contributed by atoms with van der Waals surface area (Å²) in [6.45, 7) is 0. The van der Waals surface area contributed by atoms with Gasteiger partial charge in [0, 0.05) is 18.1 Å². The fraction of sp³-hybridized carbons (Fsp3) is 0.0769. The molecule has 3 N–H and O–H groups in total.